The molecule has 3 aromatic carbocycles. The molecule has 0 amide bonds. The van der Waals surface area contributed by atoms with Crippen molar-refractivity contribution in [2.45, 2.75) is 116 Å². The van der Waals surface area contributed by atoms with E-state index < -0.39 is 18.3 Å². The molecular weight excluding hydrogens is 775 g/mol. The van der Waals surface area contributed by atoms with Gasteiger partial charge in [-0.15, -0.1) is 24.8 Å². The van der Waals surface area contributed by atoms with E-state index in [0.717, 1.165) is 34.2 Å². The number of hydrogen-bond acceptors (Lipinski definition) is 0. The molecule has 4 fully saturated rings. The maximum absolute atomic E-state index is 5.85. The fourth-order valence-corrected chi connectivity index (χ4v) is 33.2. The van der Waals surface area contributed by atoms with Crippen LogP contribution in [0.2, 0.25) is 4.13 Å². The van der Waals surface area contributed by atoms with Crippen LogP contribution in [0.4, 0.5) is 0 Å². The van der Waals surface area contributed by atoms with Gasteiger partial charge in [0.15, 0.2) is 0 Å². The van der Waals surface area contributed by atoms with Gasteiger partial charge in [-0.3, -0.25) is 0 Å². The molecule has 8 aliphatic carbocycles. The minimum atomic E-state index is -4.50. The van der Waals surface area contributed by atoms with Crippen molar-refractivity contribution < 1.29 is 18.3 Å². The Hall–Kier alpha value is -2.05. The normalized spacial score (nSPS) is 30.5. The van der Waals surface area contributed by atoms with Crippen molar-refractivity contribution in [3.05, 3.63) is 118 Å². The Balaban J connectivity index is 0.00000207. The van der Waals surface area contributed by atoms with E-state index in [1.165, 1.54) is 87.8 Å². The third-order valence-corrected chi connectivity index (χ3v) is 35.6. The molecular formula is C51H62Cl2Zr. The molecule has 0 aliphatic heterocycles. The van der Waals surface area contributed by atoms with Gasteiger partial charge in [0.2, 0.25) is 0 Å². The molecule has 0 heterocycles. The van der Waals surface area contributed by atoms with Gasteiger partial charge < -0.3 is 0 Å². The van der Waals surface area contributed by atoms with Crippen molar-refractivity contribution in [2.24, 2.45) is 35.0 Å². The average molecular weight is 837 g/mol. The molecule has 0 aromatic heterocycles. The summed E-state index contributed by atoms with van der Waals surface area (Å²) in [5, 5.41) is 0. The van der Waals surface area contributed by atoms with Gasteiger partial charge in [-0.25, -0.2) is 0 Å². The van der Waals surface area contributed by atoms with Crippen LogP contribution in [0.3, 0.4) is 0 Å². The number of hydrogen-bond donors (Lipinski definition) is 0. The summed E-state index contributed by atoms with van der Waals surface area (Å²) in [5.74, 6) is 4.11. The Morgan fingerprint density at radius 2 is 1.31 bits per heavy atom. The summed E-state index contributed by atoms with van der Waals surface area (Å²) >= 11 is -4.50. The number of halogens is 2. The second kappa shape index (κ2) is 12.2. The molecule has 0 nitrogen and oxygen atoms in total. The molecule has 0 N–H and O–H groups in total. The summed E-state index contributed by atoms with van der Waals surface area (Å²) < 4.78 is 12.0. The zero-order valence-corrected chi connectivity index (χ0v) is 38.4. The Morgan fingerprint density at radius 1 is 0.741 bits per heavy atom. The monoisotopic (exact) mass is 834 g/mol. The number of allylic oxidation sites excluding steroid dienone is 8. The second-order valence-corrected chi connectivity index (χ2v) is 34.6. The van der Waals surface area contributed by atoms with E-state index in [2.05, 4.69) is 135 Å². The van der Waals surface area contributed by atoms with Crippen LogP contribution < -0.4 is 3.27 Å². The first-order valence-electron chi connectivity index (χ1n) is 20.9. The third-order valence-electron chi connectivity index (χ3n) is 17.2. The van der Waals surface area contributed by atoms with Crippen molar-refractivity contribution in [1.82, 2.24) is 0 Å². The molecule has 0 saturated heterocycles. The van der Waals surface area contributed by atoms with E-state index in [1.54, 1.807) is 15.4 Å². The van der Waals surface area contributed by atoms with Crippen molar-refractivity contribution >= 4 is 43.4 Å². The third kappa shape index (κ3) is 4.74. The first-order valence-corrected chi connectivity index (χ1v) is 28.1. The summed E-state index contributed by atoms with van der Waals surface area (Å²) in [7, 11) is 0. The van der Waals surface area contributed by atoms with E-state index in [0.29, 0.717) is 11.3 Å². The van der Waals surface area contributed by atoms with Gasteiger partial charge in [0.25, 0.3) is 0 Å². The quantitative estimate of drug-likeness (QED) is 0.188. The van der Waals surface area contributed by atoms with E-state index in [9.17, 15) is 0 Å². The van der Waals surface area contributed by atoms with Crippen LogP contribution >= 0.6 is 24.8 Å². The second-order valence-electron chi connectivity index (χ2n) is 20.5. The standard InChI is InChI=1S/C25H25.C17H23.C6H5.C2H5.CH2.2ClH.Zr/c1-14-12-24(3,4)22-8-16-7-17-9-23-19(15(2)13-25(23,5)6)11-21(17)20(16)10-18(14)22;1-11-3-4-14(5-11)17(2)15-7-12-6-13(9-15)10-16(17)8-12;1-2-4-6-5-3-1;1-2;;;;/h8-12H,7H2,1-6H3;4-5,11-13,15-16H,6-10H2,1-2H3;1-5H;1H2,2H3;1H2;2*1H;. The summed E-state index contributed by atoms with van der Waals surface area (Å²) in [6, 6.07) is 22.2. The van der Waals surface area contributed by atoms with Crippen molar-refractivity contribution in [2.75, 3.05) is 0 Å². The molecule has 0 spiro atoms. The van der Waals surface area contributed by atoms with E-state index in [4.69, 9.17) is 4.21 Å². The first kappa shape index (κ1) is 38.8. The maximum atomic E-state index is 5.85. The van der Waals surface area contributed by atoms with Crippen LogP contribution in [0.15, 0.2) is 85.0 Å². The number of fused-ring (bicyclic) bond motifs is 5. The van der Waals surface area contributed by atoms with Crippen LogP contribution in [0, 0.1) is 35.0 Å². The molecule has 3 aromatic rings. The van der Waals surface area contributed by atoms with Crippen LogP contribution in [0.25, 0.3) is 22.3 Å². The van der Waals surface area contributed by atoms with Gasteiger partial charge in [-0.2, -0.15) is 0 Å². The number of benzene rings is 3. The predicted molar refractivity (Wildman–Crippen MR) is 236 cm³/mol. The Labute approximate surface area is 339 Å². The summed E-state index contributed by atoms with van der Waals surface area (Å²) in [6.07, 6.45) is 16.5. The van der Waals surface area contributed by atoms with Gasteiger partial charge in [-0.1, -0.05) is 0 Å². The van der Waals surface area contributed by atoms with Gasteiger partial charge in [0, 0.05) is 0 Å². The fourth-order valence-electron chi connectivity index (χ4n) is 14.9. The summed E-state index contributed by atoms with van der Waals surface area (Å²) in [5.41, 5.74) is 16.9. The molecule has 54 heavy (non-hydrogen) atoms. The van der Waals surface area contributed by atoms with E-state index >= 15 is 0 Å². The van der Waals surface area contributed by atoms with Gasteiger partial charge in [0.05, 0.1) is 0 Å². The molecule has 1 atom stereocenters. The van der Waals surface area contributed by atoms with E-state index in [-0.39, 0.29) is 35.6 Å². The molecule has 4 saturated carbocycles. The molecule has 3 heteroatoms. The average Bonchev–Trinajstić information content (AvgIpc) is 3.80. The molecule has 4 bridgehead atoms. The van der Waals surface area contributed by atoms with Gasteiger partial charge in [0.1, 0.15) is 0 Å². The fraction of sp³-hybridized carbons (Fsp3) is 0.471. The Kier molecular flexibility index (Phi) is 8.79. The zero-order valence-electron chi connectivity index (χ0n) is 34.3. The van der Waals surface area contributed by atoms with Crippen molar-refractivity contribution in [3.8, 4) is 11.1 Å². The molecule has 8 aliphatic rings. The van der Waals surface area contributed by atoms with Crippen LogP contribution in [0.5, 0.6) is 0 Å². The minimum absolute atomic E-state index is 0. The predicted octanol–water partition coefficient (Wildman–Crippen LogP) is 13.6. The number of rotatable bonds is 5. The topological polar surface area (TPSA) is 0 Å². The first-order chi connectivity index (χ1) is 24.6. The van der Waals surface area contributed by atoms with Crippen molar-refractivity contribution in [1.29, 1.82) is 0 Å². The van der Waals surface area contributed by atoms with Crippen LogP contribution in [-0.2, 0) is 35.5 Å². The summed E-state index contributed by atoms with van der Waals surface area (Å²) in [4.78, 5) is 0. The Bertz CT molecular complexity index is 2300. The van der Waals surface area contributed by atoms with Gasteiger partial charge in [-0.05, 0) is 0 Å². The molecule has 1 unspecified atom stereocenters. The summed E-state index contributed by atoms with van der Waals surface area (Å²) in [6.45, 7) is 22.5. The van der Waals surface area contributed by atoms with Crippen molar-refractivity contribution in [3.63, 3.8) is 0 Å². The van der Waals surface area contributed by atoms with Crippen LogP contribution in [-0.4, -0.2) is 4.21 Å². The van der Waals surface area contributed by atoms with Crippen LogP contribution in [0.1, 0.15) is 128 Å². The van der Waals surface area contributed by atoms with Gasteiger partial charge >= 0.3 is 317 Å². The Morgan fingerprint density at radius 3 is 1.91 bits per heavy atom. The van der Waals surface area contributed by atoms with E-state index in [1.807, 2.05) is 0 Å². The molecule has 0 radical (unpaired) electrons. The molecule has 284 valence electrons. The molecule has 11 rings (SSSR count). The zero-order chi connectivity index (χ0) is 36.4. The SMILES string of the molecule is Cl.Cl.[CH2]=[Zr]([CH2]C)([C]1=CC(C2(C)C3CC4CC(C3)CC2C4)=CC1C)([C]1=C(C)c2cc3c(cc2C1(C)C)Cc1cc2c(cc1-3)C(C)=CC2(C)C)[c]1ccccc1.